The van der Waals surface area contributed by atoms with Gasteiger partial charge in [0.05, 0.1) is 14.2 Å². The zero-order valence-corrected chi connectivity index (χ0v) is 16.1. The zero-order chi connectivity index (χ0) is 19.9. The molecule has 1 saturated carbocycles. The number of nitrogens with one attached hydrogen (secondary N) is 1. The van der Waals surface area contributed by atoms with Crippen LogP contribution >= 0.6 is 0 Å². The molecule has 0 radical (unpaired) electrons. The van der Waals surface area contributed by atoms with Crippen LogP contribution in [0.2, 0.25) is 0 Å². The maximum Gasteiger partial charge on any atom is 0.307 e. The number of para-hydroxylation sites is 1. The van der Waals surface area contributed by atoms with Crippen molar-refractivity contribution in [2.45, 2.75) is 37.8 Å². The summed E-state index contributed by atoms with van der Waals surface area (Å²) >= 11 is 0. The van der Waals surface area contributed by atoms with E-state index in [1.165, 1.54) is 0 Å². The first kappa shape index (κ1) is 19.7. The Morgan fingerprint density at radius 2 is 1.79 bits per heavy atom. The average molecular weight is 383 g/mol. The van der Waals surface area contributed by atoms with Gasteiger partial charge < -0.3 is 19.5 Å². The molecule has 0 aromatic heterocycles. The van der Waals surface area contributed by atoms with Crippen LogP contribution in [0.25, 0.3) is 0 Å². The summed E-state index contributed by atoms with van der Waals surface area (Å²) in [5, 5.41) is 2.91. The molecule has 1 aliphatic rings. The van der Waals surface area contributed by atoms with Gasteiger partial charge in [0.1, 0.15) is 0 Å². The van der Waals surface area contributed by atoms with Crippen molar-refractivity contribution in [2.75, 3.05) is 14.2 Å². The molecule has 0 aliphatic heterocycles. The number of rotatable bonds is 9. The Morgan fingerprint density at radius 3 is 2.43 bits per heavy atom. The lowest BCUT2D eigenvalue weighted by Gasteiger charge is -2.18. The molecule has 1 aliphatic carbocycles. The predicted octanol–water partition coefficient (Wildman–Crippen LogP) is 3.20. The van der Waals surface area contributed by atoms with Crippen LogP contribution in [0.1, 0.15) is 36.5 Å². The predicted molar refractivity (Wildman–Crippen MR) is 104 cm³/mol. The number of ether oxygens (including phenoxy) is 3. The number of aryl methyl sites for hydroxylation is 1. The van der Waals surface area contributed by atoms with Crippen molar-refractivity contribution in [3.63, 3.8) is 0 Å². The summed E-state index contributed by atoms with van der Waals surface area (Å²) in [5.74, 6) is 0.494. The highest BCUT2D eigenvalue weighted by Crippen LogP contribution is 2.31. The molecule has 1 amide bonds. The van der Waals surface area contributed by atoms with E-state index >= 15 is 0 Å². The molecule has 2 aromatic rings. The van der Waals surface area contributed by atoms with Crippen LogP contribution in [-0.2, 0) is 20.7 Å². The molecule has 0 unspecified atom stereocenters. The molecule has 6 heteroatoms. The standard InChI is InChI=1S/C22H25NO5/c1-26-18-10-6-9-16(20(18)27-2)11-14-19(24)28-21(15-7-4-3-5-8-15)22(25)23-17-12-13-17/h3-10,17,21H,11-14H2,1-2H3,(H,23,25)/t21-/m0/s1. The van der Waals surface area contributed by atoms with Gasteiger partial charge in [-0.3, -0.25) is 9.59 Å². The normalized spacial score (nSPS) is 14.1. The molecule has 148 valence electrons. The van der Waals surface area contributed by atoms with E-state index in [0.29, 0.717) is 23.5 Å². The fourth-order valence-corrected chi connectivity index (χ4v) is 2.98. The first-order valence-corrected chi connectivity index (χ1v) is 9.37. The summed E-state index contributed by atoms with van der Waals surface area (Å²) in [4.78, 5) is 25.0. The molecule has 0 bridgehead atoms. The third-order valence-corrected chi connectivity index (χ3v) is 4.60. The van der Waals surface area contributed by atoms with Gasteiger partial charge in [0.15, 0.2) is 11.5 Å². The quantitative estimate of drug-likeness (QED) is 0.673. The number of amides is 1. The summed E-state index contributed by atoms with van der Waals surface area (Å²) in [5.41, 5.74) is 1.51. The second-order valence-corrected chi connectivity index (χ2v) is 6.72. The monoisotopic (exact) mass is 383 g/mol. The summed E-state index contributed by atoms with van der Waals surface area (Å²) < 4.78 is 16.2. The molecule has 2 aromatic carbocycles. The first-order valence-electron chi connectivity index (χ1n) is 9.37. The van der Waals surface area contributed by atoms with Crippen LogP contribution in [-0.4, -0.2) is 32.1 Å². The Bertz CT molecular complexity index is 817. The van der Waals surface area contributed by atoms with Gasteiger partial charge >= 0.3 is 5.97 Å². The molecular weight excluding hydrogens is 358 g/mol. The molecule has 0 saturated heterocycles. The Hall–Kier alpha value is -3.02. The summed E-state index contributed by atoms with van der Waals surface area (Å²) in [6, 6.07) is 14.8. The van der Waals surface area contributed by atoms with Crippen LogP contribution in [0.4, 0.5) is 0 Å². The van der Waals surface area contributed by atoms with E-state index in [4.69, 9.17) is 14.2 Å². The van der Waals surface area contributed by atoms with E-state index < -0.39 is 12.1 Å². The van der Waals surface area contributed by atoms with E-state index in [0.717, 1.165) is 18.4 Å². The van der Waals surface area contributed by atoms with Crippen molar-refractivity contribution >= 4 is 11.9 Å². The van der Waals surface area contributed by atoms with Crippen molar-refractivity contribution < 1.29 is 23.8 Å². The van der Waals surface area contributed by atoms with Gasteiger partial charge in [-0.1, -0.05) is 42.5 Å². The van der Waals surface area contributed by atoms with Crippen LogP contribution in [0.3, 0.4) is 0 Å². The maximum atomic E-state index is 12.6. The highest BCUT2D eigenvalue weighted by molar-refractivity contribution is 5.85. The third-order valence-electron chi connectivity index (χ3n) is 4.60. The number of hydrogen-bond acceptors (Lipinski definition) is 5. The smallest absolute Gasteiger partial charge is 0.307 e. The summed E-state index contributed by atoms with van der Waals surface area (Å²) in [7, 11) is 3.13. The first-order chi connectivity index (χ1) is 13.6. The lowest BCUT2D eigenvalue weighted by Crippen LogP contribution is -2.33. The van der Waals surface area contributed by atoms with Gasteiger partial charge in [0.2, 0.25) is 6.10 Å². The number of hydrogen-bond donors (Lipinski definition) is 1. The molecular formula is C22H25NO5. The Morgan fingerprint density at radius 1 is 1.04 bits per heavy atom. The highest BCUT2D eigenvalue weighted by Gasteiger charge is 2.30. The van der Waals surface area contributed by atoms with E-state index in [1.807, 2.05) is 30.3 Å². The van der Waals surface area contributed by atoms with E-state index in [1.54, 1.807) is 32.4 Å². The second kappa shape index (κ2) is 9.26. The Balaban J connectivity index is 1.66. The lowest BCUT2D eigenvalue weighted by atomic mass is 10.1. The van der Waals surface area contributed by atoms with E-state index in [9.17, 15) is 9.59 Å². The number of esters is 1. The van der Waals surface area contributed by atoms with Crippen LogP contribution < -0.4 is 14.8 Å². The molecule has 3 rings (SSSR count). The van der Waals surface area contributed by atoms with Crippen molar-refractivity contribution in [1.82, 2.24) is 5.32 Å². The van der Waals surface area contributed by atoms with Crippen LogP contribution in [0, 0.1) is 0 Å². The average Bonchev–Trinajstić information content (AvgIpc) is 3.54. The van der Waals surface area contributed by atoms with E-state index in [-0.39, 0.29) is 18.4 Å². The van der Waals surface area contributed by atoms with Gasteiger partial charge in [-0.15, -0.1) is 0 Å². The molecule has 6 nitrogen and oxygen atoms in total. The third kappa shape index (κ3) is 5.03. The number of methoxy groups -OCH3 is 2. The van der Waals surface area contributed by atoms with Gasteiger partial charge in [0, 0.05) is 18.0 Å². The Labute approximate surface area is 164 Å². The molecule has 28 heavy (non-hydrogen) atoms. The minimum absolute atomic E-state index is 0.129. The fourth-order valence-electron chi connectivity index (χ4n) is 2.98. The van der Waals surface area contributed by atoms with Crippen molar-refractivity contribution in [3.8, 4) is 11.5 Å². The lowest BCUT2D eigenvalue weighted by molar-refractivity contribution is -0.156. The van der Waals surface area contributed by atoms with Gasteiger partial charge in [-0.05, 0) is 30.9 Å². The zero-order valence-electron chi connectivity index (χ0n) is 16.1. The fraction of sp³-hybridized carbons (Fsp3) is 0.364. The minimum Gasteiger partial charge on any atom is -0.493 e. The summed E-state index contributed by atoms with van der Waals surface area (Å²) in [6.07, 6.45) is 1.55. The summed E-state index contributed by atoms with van der Waals surface area (Å²) in [6.45, 7) is 0. The van der Waals surface area contributed by atoms with Gasteiger partial charge in [0.25, 0.3) is 5.91 Å². The van der Waals surface area contributed by atoms with Crippen molar-refractivity contribution in [1.29, 1.82) is 0 Å². The molecule has 0 heterocycles. The van der Waals surface area contributed by atoms with Crippen LogP contribution in [0.5, 0.6) is 11.5 Å². The number of benzene rings is 2. The highest BCUT2D eigenvalue weighted by atomic mass is 16.5. The molecule has 1 fully saturated rings. The molecule has 1 N–H and O–H groups in total. The molecule has 0 spiro atoms. The minimum atomic E-state index is -0.943. The largest absolute Gasteiger partial charge is 0.493 e. The van der Waals surface area contributed by atoms with E-state index in [2.05, 4.69) is 5.32 Å². The topological polar surface area (TPSA) is 73.9 Å². The second-order valence-electron chi connectivity index (χ2n) is 6.72. The van der Waals surface area contributed by atoms with Gasteiger partial charge in [-0.25, -0.2) is 0 Å². The van der Waals surface area contributed by atoms with Gasteiger partial charge in [-0.2, -0.15) is 0 Å². The number of carbonyl (C=O) groups excluding carboxylic acids is 2. The maximum absolute atomic E-state index is 12.6. The Kier molecular flexibility index (Phi) is 6.53. The SMILES string of the molecule is COc1cccc(CCC(=O)O[C@H](C(=O)NC2CC2)c2ccccc2)c1OC. The molecule has 1 atom stereocenters. The van der Waals surface area contributed by atoms with Crippen molar-refractivity contribution in [3.05, 3.63) is 59.7 Å². The van der Waals surface area contributed by atoms with Crippen molar-refractivity contribution in [2.24, 2.45) is 0 Å². The van der Waals surface area contributed by atoms with Crippen LogP contribution in [0.15, 0.2) is 48.5 Å². The number of carbonyl (C=O) groups is 2.